The first-order valence-electron chi connectivity index (χ1n) is 9.14. The van der Waals surface area contributed by atoms with Crippen LogP contribution in [0.3, 0.4) is 0 Å². The molecule has 0 saturated heterocycles. The molecule has 4 rings (SSSR count). The quantitative estimate of drug-likeness (QED) is 0.869. The average molecular weight is 375 g/mol. The van der Waals surface area contributed by atoms with Crippen molar-refractivity contribution < 1.29 is 14.0 Å². The van der Waals surface area contributed by atoms with Gasteiger partial charge < -0.3 is 5.32 Å². The molecule has 1 atom stereocenters. The number of nitrogens with one attached hydrogen (secondary N) is 1. The molecule has 140 valence electrons. The normalized spacial score (nSPS) is 19.1. The first kappa shape index (κ1) is 17.9. The van der Waals surface area contributed by atoms with Crippen LogP contribution in [0.1, 0.15) is 42.0 Å². The van der Waals surface area contributed by atoms with Crippen molar-refractivity contribution in [3.63, 3.8) is 0 Å². The van der Waals surface area contributed by atoms with Gasteiger partial charge in [0.05, 0.1) is 23.4 Å². The summed E-state index contributed by atoms with van der Waals surface area (Å²) >= 11 is 0. The summed E-state index contributed by atoms with van der Waals surface area (Å²) in [4.78, 5) is 27.3. The summed E-state index contributed by atoms with van der Waals surface area (Å²) in [6.45, 7) is -0.623. The average Bonchev–Trinajstić information content (AvgIpc) is 2.73. The third-order valence-electron chi connectivity index (χ3n) is 5.15. The van der Waals surface area contributed by atoms with Crippen molar-refractivity contribution in [1.29, 1.82) is 5.26 Å². The van der Waals surface area contributed by atoms with E-state index in [0.717, 1.165) is 5.56 Å². The number of ketones is 1. The van der Waals surface area contributed by atoms with Gasteiger partial charge in [-0.3, -0.25) is 9.69 Å². The number of amides is 2. The van der Waals surface area contributed by atoms with Gasteiger partial charge in [-0.05, 0) is 48.2 Å². The number of carbonyl (C=O) groups excluding carboxylic acids is 2. The lowest BCUT2D eigenvalue weighted by molar-refractivity contribution is -0.116. The highest BCUT2D eigenvalue weighted by Crippen LogP contribution is 2.39. The number of carbonyl (C=O) groups is 2. The Morgan fingerprint density at radius 1 is 1.14 bits per heavy atom. The fraction of sp³-hybridized carbons (Fsp3) is 0.227. The van der Waals surface area contributed by atoms with E-state index >= 15 is 0 Å². The summed E-state index contributed by atoms with van der Waals surface area (Å²) in [5.41, 5.74) is 3.54. The minimum atomic E-state index is -0.623. The van der Waals surface area contributed by atoms with Crippen LogP contribution in [0, 0.1) is 11.3 Å². The molecule has 0 bridgehead atoms. The zero-order valence-electron chi connectivity index (χ0n) is 15.1. The minimum absolute atomic E-state index is 0.00209. The predicted molar refractivity (Wildman–Crippen MR) is 102 cm³/mol. The van der Waals surface area contributed by atoms with Gasteiger partial charge in [0.15, 0.2) is 5.78 Å². The molecule has 1 N–H and O–H groups in total. The summed E-state index contributed by atoms with van der Waals surface area (Å²) in [6.07, 6.45) is 1.70. The second-order valence-electron chi connectivity index (χ2n) is 6.89. The predicted octanol–water partition coefficient (Wildman–Crippen LogP) is 4.31. The lowest BCUT2D eigenvalue weighted by Gasteiger charge is -2.39. The number of nitrogens with zero attached hydrogens (tertiary/aromatic N) is 2. The van der Waals surface area contributed by atoms with Gasteiger partial charge in [-0.25, -0.2) is 9.18 Å². The number of alkyl halides is 1. The number of nitriles is 1. The molecule has 0 aromatic heterocycles. The van der Waals surface area contributed by atoms with E-state index in [9.17, 15) is 14.0 Å². The Morgan fingerprint density at radius 2 is 1.93 bits per heavy atom. The molecule has 0 saturated carbocycles. The molecule has 2 aromatic rings. The zero-order valence-corrected chi connectivity index (χ0v) is 15.1. The van der Waals surface area contributed by atoms with E-state index in [1.807, 2.05) is 0 Å². The monoisotopic (exact) mass is 375 g/mol. The van der Waals surface area contributed by atoms with Crippen LogP contribution in [0.4, 0.5) is 14.9 Å². The first-order valence-corrected chi connectivity index (χ1v) is 9.14. The van der Waals surface area contributed by atoms with Crippen molar-refractivity contribution in [2.75, 3.05) is 4.90 Å². The van der Waals surface area contributed by atoms with E-state index in [2.05, 4.69) is 11.4 Å². The van der Waals surface area contributed by atoms with E-state index in [-0.39, 0.29) is 11.8 Å². The van der Waals surface area contributed by atoms with E-state index in [0.29, 0.717) is 47.3 Å². The smallest absolute Gasteiger partial charge is 0.326 e. The van der Waals surface area contributed by atoms with Crippen LogP contribution in [0.2, 0.25) is 0 Å². The largest absolute Gasteiger partial charge is 0.327 e. The maximum absolute atomic E-state index is 13.1. The van der Waals surface area contributed by atoms with E-state index in [1.165, 1.54) is 4.90 Å². The number of anilines is 1. The van der Waals surface area contributed by atoms with Crippen LogP contribution in [0.25, 0.3) is 0 Å². The number of Topliss-reactive ketones (excluding diaryl/α,β-unsaturated/α-hetero) is 1. The standard InChI is InChI=1S/C22H18FN3O2/c23-12-15-3-1-4-17(11-15)26-18-5-2-6-19(27)20(18)21(25-22(26)28)16-9-7-14(13-24)8-10-16/h1,3-4,7-11,21H,2,5-6,12H2,(H,25,28)/t21-/m1/s1. The van der Waals surface area contributed by atoms with E-state index in [1.54, 1.807) is 48.5 Å². The van der Waals surface area contributed by atoms with Crippen molar-refractivity contribution in [2.24, 2.45) is 0 Å². The number of allylic oxidation sites excluding steroid dienone is 1. The summed E-state index contributed by atoms with van der Waals surface area (Å²) < 4.78 is 13.1. The topological polar surface area (TPSA) is 73.2 Å². The molecule has 6 heteroatoms. The fourth-order valence-corrected chi connectivity index (χ4v) is 3.84. The van der Waals surface area contributed by atoms with Crippen LogP contribution >= 0.6 is 0 Å². The van der Waals surface area contributed by atoms with Crippen LogP contribution in [0.15, 0.2) is 59.8 Å². The van der Waals surface area contributed by atoms with Crippen LogP contribution in [-0.2, 0) is 11.5 Å². The number of urea groups is 1. The molecule has 1 aliphatic heterocycles. The van der Waals surface area contributed by atoms with Crippen molar-refractivity contribution >= 4 is 17.5 Å². The highest BCUT2D eigenvalue weighted by atomic mass is 19.1. The fourth-order valence-electron chi connectivity index (χ4n) is 3.84. The van der Waals surface area contributed by atoms with Gasteiger partial charge in [0.2, 0.25) is 0 Å². The number of hydrogen-bond donors (Lipinski definition) is 1. The molecule has 0 unspecified atom stereocenters. The molecular weight excluding hydrogens is 357 g/mol. The Bertz CT molecular complexity index is 1020. The van der Waals surface area contributed by atoms with Gasteiger partial charge in [0.25, 0.3) is 0 Å². The van der Waals surface area contributed by atoms with Crippen molar-refractivity contribution in [2.45, 2.75) is 32.0 Å². The van der Waals surface area contributed by atoms with Crippen molar-refractivity contribution in [1.82, 2.24) is 5.32 Å². The van der Waals surface area contributed by atoms with Gasteiger partial charge >= 0.3 is 6.03 Å². The molecule has 0 radical (unpaired) electrons. The molecule has 28 heavy (non-hydrogen) atoms. The summed E-state index contributed by atoms with van der Waals surface area (Å²) in [7, 11) is 0. The Morgan fingerprint density at radius 3 is 2.64 bits per heavy atom. The highest BCUT2D eigenvalue weighted by molar-refractivity contribution is 6.06. The van der Waals surface area contributed by atoms with E-state index < -0.39 is 12.7 Å². The molecule has 5 nitrogen and oxygen atoms in total. The maximum atomic E-state index is 13.1. The van der Waals surface area contributed by atoms with Gasteiger partial charge in [-0.1, -0.05) is 24.3 Å². The SMILES string of the molecule is N#Cc1ccc([C@H]2NC(=O)N(c3cccc(CF)c3)C3=C2C(=O)CCC3)cc1. The lowest BCUT2D eigenvalue weighted by atomic mass is 9.84. The van der Waals surface area contributed by atoms with Gasteiger partial charge in [-0.2, -0.15) is 5.26 Å². The molecule has 0 fully saturated rings. The van der Waals surface area contributed by atoms with Crippen molar-refractivity contribution in [3.8, 4) is 6.07 Å². The number of hydrogen-bond acceptors (Lipinski definition) is 3. The highest BCUT2D eigenvalue weighted by Gasteiger charge is 2.39. The Kier molecular flexibility index (Phi) is 4.66. The number of rotatable bonds is 3. The minimum Gasteiger partial charge on any atom is -0.326 e. The second kappa shape index (κ2) is 7.28. The lowest BCUT2D eigenvalue weighted by Crippen LogP contribution is -2.49. The molecule has 2 aromatic carbocycles. The third-order valence-corrected chi connectivity index (χ3v) is 5.15. The summed E-state index contributed by atoms with van der Waals surface area (Å²) in [5, 5.41) is 11.9. The maximum Gasteiger partial charge on any atom is 0.327 e. The molecule has 1 heterocycles. The van der Waals surface area contributed by atoms with Crippen molar-refractivity contribution in [3.05, 3.63) is 76.5 Å². The van der Waals surface area contributed by atoms with Crippen LogP contribution in [-0.4, -0.2) is 11.8 Å². The summed E-state index contributed by atoms with van der Waals surface area (Å²) in [5.74, 6) is 0.00209. The Hall–Kier alpha value is -3.46. The zero-order chi connectivity index (χ0) is 19.7. The number of benzene rings is 2. The van der Waals surface area contributed by atoms with Gasteiger partial charge in [-0.15, -0.1) is 0 Å². The first-order chi connectivity index (χ1) is 13.6. The second-order valence-corrected chi connectivity index (χ2v) is 6.89. The molecule has 0 spiro atoms. The van der Waals surface area contributed by atoms with E-state index in [4.69, 9.17) is 5.26 Å². The molecule has 1 aliphatic carbocycles. The summed E-state index contributed by atoms with van der Waals surface area (Å²) in [6, 6.07) is 14.8. The Labute approximate surface area is 162 Å². The van der Waals surface area contributed by atoms with Gasteiger partial charge in [0, 0.05) is 17.7 Å². The molecular formula is C22H18FN3O2. The molecule has 2 aliphatic rings. The molecule has 2 amide bonds. The van der Waals surface area contributed by atoms with Crippen LogP contribution in [0.5, 0.6) is 0 Å². The number of halogens is 1. The Balaban J connectivity index is 1.83. The third kappa shape index (κ3) is 3.05. The van der Waals surface area contributed by atoms with Gasteiger partial charge in [0.1, 0.15) is 6.67 Å². The van der Waals surface area contributed by atoms with Crippen LogP contribution < -0.4 is 10.2 Å².